The SMILES string of the molecule is O=C(CSCc1ccc(Cl)s1)NC1CCC(C(=O)O)C1. The van der Waals surface area contributed by atoms with Crippen LogP contribution in [0.15, 0.2) is 12.1 Å². The van der Waals surface area contributed by atoms with Gasteiger partial charge in [0.05, 0.1) is 16.0 Å². The minimum absolute atomic E-state index is 0.0142. The Morgan fingerprint density at radius 3 is 2.85 bits per heavy atom. The summed E-state index contributed by atoms with van der Waals surface area (Å²) < 4.78 is 0.760. The number of carboxylic acid groups (broad SMARTS) is 1. The second-order valence-electron chi connectivity index (χ2n) is 4.81. The lowest BCUT2D eigenvalue weighted by Crippen LogP contribution is -2.34. The average molecular weight is 334 g/mol. The monoisotopic (exact) mass is 333 g/mol. The summed E-state index contributed by atoms with van der Waals surface area (Å²) in [5.74, 6) is 0.0809. The van der Waals surface area contributed by atoms with Gasteiger partial charge in [0, 0.05) is 16.7 Å². The van der Waals surface area contributed by atoms with E-state index in [1.165, 1.54) is 11.3 Å². The Kier molecular flexibility index (Phi) is 5.74. The van der Waals surface area contributed by atoms with Crippen LogP contribution in [0.5, 0.6) is 0 Å². The van der Waals surface area contributed by atoms with Crippen molar-refractivity contribution in [3.63, 3.8) is 0 Å². The Hall–Kier alpha value is -0.720. The molecule has 1 amide bonds. The highest BCUT2D eigenvalue weighted by atomic mass is 35.5. The molecule has 1 aromatic heterocycles. The highest BCUT2D eigenvalue weighted by molar-refractivity contribution is 7.99. The summed E-state index contributed by atoms with van der Waals surface area (Å²) in [6, 6.07) is 3.83. The van der Waals surface area contributed by atoms with Crippen molar-refractivity contribution >= 4 is 46.6 Å². The molecular weight excluding hydrogens is 318 g/mol. The van der Waals surface area contributed by atoms with Crippen LogP contribution < -0.4 is 5.32 Å². The molecule has 1 aromatic rings. The van der Waals surface area contributed by atoms with Crippen molar-refractivity contribution in [1.29, 1.82) is 0 Å². The van der Waals surface area contributed by atoms with E-state index in [1.54, 1.807) is 11.8 Å². The quantitative estimate of drug-likeness (QED) is 0.839. The van der Waals surface area contributed by atoms with Crippen LogP contribution in [-0.4, -0.2) is 28.8 Å². The van der Waals surface area contributed by atoms with E-state index in [-0.39, 0.29) is 17.9 Å². The number of hydrogen-bond donors (Lipinski definition) is 2. The summed E-state index contributed by atoms with van der Waals surface area (Å²) in [6.07, 6.45) is 1.96. The predicted octanol–water partition coefficient (Wildman–Crippen LogP) is 3.00. The minimum atomic E-state index is -0.759. The van der Waals surface area contributed by atoms with Crippen LogP contribution in [-0.2, 0) is 15.3 Å². The van der Waals surface area contributed by atoms with Gasteiger partial charge in [-0.2, -0.15) is 0 Å². The molecular formula is C13H16ClNO3S2. The largest absolute Gasteiger partial charge is 0.481 e. The van der Waals surface area contributed by atoms with E-state index in [1.807, 2.05) is 12.1 Å². The first kappa shape index (κ1) is 15.7. The maximum atomic E-state index is 11.8. The van der Waals surface area contributed by atoms with Crippen molar-refractivity contribution in [3.05, 3.63) is 21.3 Å². The van der Waals surface area contributed by atoms with Gasteiger partial charge >= 0.3 is 5.97 Å². The normalized spacial score (nSPS) is 21.9. The van der Waals surface area contributed by atoms with Gasteiger partial charge in [-0.25, -0.2) is 0 Å². The maximum Gasteiger partial charge on any atom is 0.306 e. The van der Waals surface area contributed by atoms with Crippen LogP contribution in [0.1, 0.15) is 24.1 Å². The molecule has 0 bridgehead atoms. The smallest absolute Gasteiger partial charge is 0.306 e. The Morgan fingerprint density at radius 1 is 1.45 bits per heavy atom. The lowest BCUT2D eigenvalue weighted by Gasteiger charge is -2.12. The van der Waals surface area contributed by atoms with Crippen molar-refractivity contribution in [2.24, 2.45) is 5.92 Å². The van der Waals surface area contributed by atoms with Crippen LogP contribution in [0.2, 0.25) is 4.34 Å². The van der Waals surface area contributed by atoms with Gasteiger partial charge in [0.1, 0.15) is 0 Å². The fourth-order valence-corrected chi connectivity index (χ4v) is 4.32. The molecule has 0 saturated heterocycles. The standard InChI is InChI=1S/C13H16ClNO3S2/c14-11-4-3-10(20-11)6-19-7-12(16)15-9-2-1-8(5-9)13(17)18/h3-4,8-9H,1-2,5-7H2,(H,15,16)(H,17,18). The third-order valence-electron chi connectivity index (χ3n) is 3.25. The summed E-state index contributed by atoms with van der Waals surface area (Å²) in [7, 11) is 0. The van der Waals surface area contributed by atoms with E-state index >= 15 is 0 Å². The Bertz CT molecular complexity index is 492. The molecule has 1 heterocycles. The van der Waals surface area contributed by atoms with Crippen LogP contribution in [0.25, 0.3) is 0 Å². The van der Waals surface area contributed by atoms with Gasteiger partial charge in [-0.05, 0) is 31.4 Å². The van der Waals surface area contributed by atoms with E-state index < -0.39 is 5.97 Å². The zero-order valence-corrected chi connectivity index (χ0v) is 13.2. The number of thiophene rings is 1. The fraction of sp³-hybridized carbons (Fsp3) is 0.538. The number of halogens is 1. The summed E-state index contributed by atoms with van der Waals surface area (Å²) in [5.41, 5.74) is 0. The van der Waals surface area contributed by atoms with Crippen LogP contribution in [0, 0.1) is 5.92 Å². The first-order valence-electron chi connectivity index (χ1n) is 6.38. The molecule has 7 heteroatoms. The molecule has 1 aliphatic rings. The van der Waals surface area contributed by atoms with Crippen LogP contribution in [0.3, 0.4) is 0 Å². The van der Waals surface area contributed by atoms with E-state index in [0.717, 1.165) is 21.4 Å². The molecule has 0 radical (unpaired) electrons. The molecule has 0 aliphatic heterocycles. The number of aliphatic carboxylic acids is 1. The zero-order valence-electron chi connectivity index (χ0n) is 10.8. The van der Waals surface area contributed by atoms with Gasteiger partial charge in [0.25, 0.3) is 0 Å². The van der Waals surface area contributed by atoms with Crippen molar-refractivity contribution in [2.45, 2.75) is 31.1 Å². The maximum absolute atomic E-state index is 11.8. The molecule has 20 heavy (non-hydrogen) atoms. The van der Waals surface area contributed by atoms with Crippen molar-refractivity contribution in [3.8, 4) is 0 Å². The molecule has 2 unspecified atom stereocenters. The topological polar surface area (TPSA) is 66.4 Å². The number of thioether (sulfide) groups is 1. The number of amides is 1. The van der Waals surface area contributed by atoms with Crippen LogP contribution in [0.4, 0.5) is 0 Å². The molecule has 2 rings (SSSR count). The number of hydrogen-bond acceptors (Lipinski definition) is 4. The van der Waals surface area contributed by atoms with Crippen molar-refractivity contribution in [2.75, 3.05) is 5.75 Å². The highest BCUT2D eigenvalue weighted by Gasteiger charge is 2.30. The number of rotatable bonds is 6. The molecule has 2 atom stereocenters. The number of carbonyl (C=O) groups excluding carboxylic acids is 1. The van der Waals surface area contributed by atoms with E-state index in [9.17, 15) is 9.59 Å². The van der Waals surface area contributed by atoms with E-state index in [2.05, 4.69) is 5.32 Å². The fourth-order valence-electron chi connectivity index (χ4n) is 2.28. The van der Waals surface area contributed by atoms with Gasteiger partial charge in [0.2, 0.25) is 5.91 Å². The number of carboxylic acids is 1. The van der Waals surface area contributed by atoms with E-state index in [0.29, 0.717) is 18.6 Å². The second kappa shape index (κ2) is 7.33. The third-order valence-corrected chi connectivity index (χ3v) is 5.65. The number of carbonyl (C=O) groups is 2. The first-order chi connectivity index (χ1) is 9.54. The molecule has 0 aromatic carbocycles. The van der Waals surface area contributed by atoms with Gasteiger partial charge < -0.3 is 10.4 Å². The third kappa shape index (κ3) is 4.68. The van der Waals surface area contributed by atoms with Crippen molar-refractivity contribution < 1.29 is 14.7 Å². The molecule has 1 fully saturated rings. The summed E-state index contributed by atoms with van der Waals surface area (Å²) >= 11 is 8.90. The van der Waals surface area contributed by atoms with E-state index in [4.69, 9.17) is 16.7 Å². The summed E-state index contributed by atoms with van der Waals surface area (Å²) in [6.45, 7) is 0. The molecule has 0 spiro atoms. The minimum Gasteiger partial charge on any atom is -0.481 e. The Balaban J connectivity index is 1.65. The first-order valence-corrected chi connectivity index (χ1v) is 8.73. The molecule has 4 nitrogen and oxygen atoms in total. The summed E-state index contributed by atoms with van der Waals surface area (Å²) in [4.78, 5) is 23.8. The highest BCUT2D eigenvalue weighted by Crippen LogP contribution is 2.27. The predicted molar refractivity (Wildman–Crippen MR) is 82.4 cm³/mol. The zero-order chi connectivity index (χ0) is 14.5. The Labute approximate surface area is 130 Å². The summed E-state index contributed by atoms with van der Waals surface area (Å²) in [5, 5.41) is 11.8. The molecule has 2 N–H and O–H groups in total. The average Bonchev–Trinajstić information content (AvgIpc) is 2.99. The van der Waals surface area contributed by atoms with Gasteiger partial charge in [-0.15, -0.1) is 23.1 Å². The van der Waals surface area contributed by atoms with Crippen molar-refractivity contribution in [1.82, 2.24) is 5.32 Å². The van der Waals surface area contributed by atoms with Crippen LogP contribution >= 0.6 is 34.7 Å². The number of nitrogens with one attached hydrogen (secondary N) is 1. The van der Waals surface area contributed by atoms with Gasteiger partial charge in [-0.1, -0.05) is 11.6 Å². The second-order valence-corrected chi connectivity index (χ2v) is 7.60. The molecule has 1 saturated carbocycles. The molecule has 110 valence electrons. The van der Waals surface area contributed by atoms with Gasteiger partial charge in [0.15, 0.2) is 0 Å². The molecule has 1 aliphatic carbocycles. The Morgan fingerprint density at radius 2 is 2.25 bits per heavy atom. The van der Waals surface area contributed by atoms with Gasteiger partial charge in [-0.3, -0.25) is 9.59 Å². The lowest BCUT2D eigenvalue weighted by atomic mass is 10.1. The lowest BCUT2D eigenvalue weighted by molar-refractivity contribution is -0.141.